The van der Waals surface area contributed by atoms with Crippen molar-refractivity contribution in [3.8, 4) is 0 Å². The second-order valence-corrected chi connectivity index (χ2v) is 25.1. The lowest BCUT2D eigenvalue weighted by atomic mass is 10.0. The Balaban J connectivity index is 4.09. The molecule has 0 aromatic heterocycles. The number of carboxylic acids is 1. The number of carbonyl (C=O) groups excluding carboxylic acids is 3. The maximum Gasteiger partial charge on any atom is 0.306 e. The first-order chi connectivity index (χ1) is 44.6. The molecule has 2 atom stereocenters. The molecule has 516 valence electrons. The molecule has 0 rings (SSSR count). The predicted molar refractivity (Wildman–Crippen MR) is 389 cm³/mol. The fourth-order valence-electron chi connectivity index (χ4n) is 9.76. The predicted octanol–water partition coefficient (Wildman–Crippen LogP) is 21.9. The Morgan fingerprint density at radius 3 is 0.879 bits per heavy atom. The van der Waals surface area contributed by atoms with Crippen LogP contribution in [0.15, 0.2) is 158 Å². The third-order valence-electron chi connectivity index (χ3n) is 15.3. The van der Waals surface area contributed by atoms with Gasteiger partial charge in [-0.15, -0.1) is 0 Å². The first-order valence-corrected chi connectivity index (χ1v) is 36.6. The topological polar surface area (TPSA) is 111 Å². The summed E-state index contributed by atoms with van der Waals surface area (Å²) in [6.07, 6.45) is 102. The number of carbonyl (C=O) groups is 3. The van der Waals surface area contributed by atoms with Crippen LogP contribution in [0.4, 0.5) is 0 Å². The number of esters is 2. The van der Waals surface area contributed by atoms with E-state index in [9.17, 15) is 19.5 Å². The van der Waals surface area contributed by atoms with Crippen LogP contribution in [0.5, 0.6) is 0 Å². The second kappa shape index (κ2) is 70.8. The summed E-state index contributed by atoms with van der Waals surface area (Å²) < 4.78 is 22.8. The summed E-state index contributed by atoms with van der Waals surface area (Å²) in [6, 6.07) is 0. The average molecular weight is 1260 g/mol. The maximum atomic E-state index is 13.0. The van der Waals surface area contributed by atoms with Gasteiger partial charge in [-0.3, -0.25) is 9.59 Å². The molecule has 0 aromatic carbocycles. The van der Waals surface area contributed by atoms with Gasteiger partial charge >= 0.3 is 11.9 Å². The molecule has 0 saturated carbocycles. The molecule has 0 bridgehead atoms. The SMILES string of the molecule is CC/C=C\C/C=C\C/C=C\C/C=C\C/C=C\C/C=C\C/C=C\CCCCCCCCCCCCCCCCCCCCCC(=O)OC(COC(=O)CCCCCCCC/C=C\C/C=C\C/C=C\C/C=C\C/C=C\C/C=C\CC)COC(OCC[N+](C)(C)C)C(=O)[O-]. The third-order valence-corrected chi connectivity index (χ3v) is 15.3. The molecule has 0 aliphatic rings. The number of rotatable bonds is 66. The fourth-order valence-corrected chi connectivity index (χ4v) is 9.76. The Morgan fingerprint density at radius 2 is 0.593 bits per heavy atom. The lowest BCUT2D eigenvalue weighted by Crippen LogP contribution is -2.44. The molecule has 0 fully saturated rings. The van der Waals surface area contributed by atoms with Gasteiger partial charge in [0, 0.05) is 12.8 Å². The van der Waals surface area contributed by atoms with E-state index >= 15 is 0 Å². The van der Waals surface area contributed by atoms with Crippen molar-refractivity contribution in [1.29, 1.82) is 0 Å². The van der Waals surface area contributed by atoms with Gasteiger partial charge in [-0.1, -0.05) is 307 Å². The van der Waals surface area contributed by atoms with E-state index in [1.165, 1.54) is 103 Å². The van der Waals surface area contributed by atoms with E-state index in [-0.39, 0.29) is 38.6 Å². The summed E-state index contributed by atoms with van der Waals surface area (Å²) in [5.41, 5.74) is 0. The van der Waals surface area contributed by atoms with Gasteiger partial charge in [-0.05, 0) is 122 Å². The van der Waals surface area contributed by atoms with E-state index in [4.69, 9.17) is 18.9 Å². The summed E-state index contributed by atoms with van der Waals surface area (Å²) in [6.45, 7) is 4.51. The summed E-state index contributed by atoms with van der Waals surface area (Å²) in [7, 11) is 5.92. The van der Waals surface area contributed by atoms with Gasteiger partial charge in [-0.2, -0.15) is 0 Å². The molecule has 0 aliphatic carbocycles. The highest BCUT2D eigenvalue weighted by atomic mass is 16.7. The number of hydrogen-bond acceptors (Lipinski definition) is 8. The molecule has 0 aromatic rings. The maximum absolute atomic E-state index is 13.0. The minimum absolute atomic E-state index is 0.139. The number of hydrogen-bond donors (Lipinski definition) is 0. The zero-order valence-corrected chi connectivity index (χ0v) is 58.9. The minimum atomic E-state index is -1.63. The molecular formula is C82H135NO8. The summed E-state index contributed by atoms with van der Waals surface area (Å²) >= 11 is 0. The van der Waals surface area contributed by atoms with Gasteiger partial charge in [-0.25, -0.2) is 0 Å². The first-order valence-electron chi connectivity index (χ1n) is 36.6. The van der Waals surface area contributed by atoms with Crippen molar-refractivity contribution >= 4 is 17.9 Å². The number of nitrogens with zero attached hydrogens (tertiary/aromatic N) is 1. The Kier molecular flexibility index (Phi) is 66.8. The largest absolute Gasteiger partial charge is 0.545 e. The molecular weight excluding hydrogens is 1130 g/mol. The quantitative estimate of drug-likeness (QED) is 0.0195. The zero-order chi connectivity index (χ0) is 66.1. The molecule has 0 saturated heterocycles. The van der Waals surface area contributed by atoms with Gasteiger partial charge in [0.2, 0.25) is 0 Å². The van der Waals surface area contributed by atoms with Gasteiger partial charge in [0.05, 0.1) is 40.3 Å². The van der Waals surface area contributed by atoms with Crippen LogP contribution in [0, 0.1) is 0 Å². The van der Waals surface area contributed by atoms with Gasteiger partial charge in [0.1, 0.15) is 13.2 Å². The number of aliphatic carboxylic acids is 1. The molecule has 0 spiro atoms. The monoisotopic (exact) mass is 1260 g/mol. The summed E-state index contributed by atoms with van der Waals surface area (Å²) in [5, 5.41) is 11.8. The minimum Gasteiger partial charge on any atom is -0.545 e. The van der Waals surface area contributed by atoms with Crippen molar-refractivity contribution in [2.45, 2.75) is 296 Å². The number of allylic oxidation sites excluding steroid dienone is 26. The lowest BCUT2D eigenvalue weighted by molar-refractivity contribution is -0.870. The Morgan fingerprint density at radius 1 is 0.330 bits per heavy atom. The Bertz CT molecular complexity index is 2060. The van der Waals surface area contributed by atoms with Crippen LogP contribution in [0.3, 0.4) is 0 Å². The van der Waals surface area contributed by atoms with Crippen molar-refractivity contribution in [2.75, 3.05) is 47.5 Å². The standard InChI is InChI=1S/C82H135NO8/c1-6-8-10-12-14-16-18-20-22-24-26-28-30-32-33-34-35-36-37-38-39-40-41-42-43-44-45-46-47-49-51-53-55-57-59-61-63-65-67-69-71-73-80(85)91-78(77-90-82(81(86)87)88-75-74-83(3,4)5)76-89-79(84)72-70-68-66-64-62-60-58-56-54-52-50-48-31-29-27-25-23-21-19-17-15-13-11-9-7-2/h8-11,14-17,20-23,26-29,32-33,35-36,38-39,48,50,54,56,78,82H,6-7,12-13,18-19,24-25,30-31,34,37,40-47,49,51-53,55,57-77H2,1-5H3/b10-8-,11-9-,16-14-,17-15-,22-20-,23-21-,28-26-,29-27-,33-32-,36-35-,39-38-,50-48-,56-54-. The number of unbranched alkanes of at least 4 members (excludes halogenated alkanes) is 25. The highest BCUT2D eigenvalue weighted by Crippen LogP contribution is 2.17. The van der Waals surface area contributed by atoms with E-state index in [2.05, 4.69) is 172 Å². The number of ether oxygens (including phenoxy) is 4. The zero-order valence-electron chi connectivity index (χ0n) is 58.9. The molecule has 0 amide bonds. The van der Waals surface area contributed by atoms with Crippen LogP contribution in [-0.4, -0.2) is 82.3 Å². The first kappa shape index (κ1) is 85.9. The molecule has 0 radical (unpaired) electrons. The normalized spacial score (nSPS) is 13.6. The number of carboxylic acid groups (broad SMARTS) is 1. The van der Waals surface area contributed by atoms with Crippen LogP contribution in [0.2, 0.25) is 0 Å². The van der Waals surface area contributed by atoms with E-state index in [0.29, 0.717) is 17.4 Å². The summed E-state index contributed by atoms with van der Waals surface area (Å²) in [5.74, 6) is -2.31. The Labute approximate surface area is 559 Å². The van der Waals surface area contributed by atoms with Crippen molar-refractivity contribution in [2.24, 2.45) is 0 Å². The molecule has 0 heterocycles. The van der Waals surface area contributed by atoms with Crippen LogP contribution < -0.4 is 5.11 Å². The molecule has 91 heavy (non-hydrogen) atoms. The lowest BCUT2D eigenvalue weighted by Gasteiger charge is -2.26. The molecule has 0 N–H and O–H groups in total. The molecule has 9 nitrogen and oxygen atoms in total. The highest BCUT2D eigenvalue weighted by Gasteiger charge is 2.22. The van der Waals surface area contributed by atoms with E-state index in [1.807, 2.05) is 21.1 Å². The Hall–Kier alpha value is -5.09. The van der Waals surface area contributed by atoms with E-state index in [0.717, 1.165) is 148 Å². The second-order valence-electron chi connectivity index (χ2n) is 25.1. The fraction of sp³-hybridized carbons (Fsp3) is 0.646. The van der Waals surface area contributed by atoms with Crippen LogP contribution in [-0.2, 0) is 33.3 Å². The van der Waals surface area contributed by atoms with E-state index < -0.39 is 24.3 Å². The summed E-state index contributed by atoms with van der Waals surface area (Å²) in [4.78, 5) is 37.5. The van der Waals surface area contributed by atoms with Crippen LogP contribution >= 0.6 is 0 Å². The molecule has 0 aliphatic heterocycles. The van der Waals surface area contributed by atoms with Crippen molar-refractivity contribution in [3.63, 3.8) is 0 Å². The third kappa shape index (κ3) is 72.2. The van der Waals surface area contributed by atoms with Crippen LogP contribution in [0.25, 0.3) is 0 Å². The molecule has 2 unspecified atom stereocenters. The van der Waals surface area contributed by atoms with E-state index in [1.54, 1.807) is 0 Å². The van der Waals surface area contributed by atoms with Gasteiger partial charge < -0.3 is 33.3 Å². The average Bonchev–Trinajstić information content (AvgIpc) is 3.53. The van der Waals surface area contributed by atoms with Gasteiger partial charge in [0.25, 0.3) is 0 Å². The smallest absolute Gasteiger partial charge is 0.306 e. The van der Waals surface area contributed by atoms with Crippen molar-refractivity contribution < 1.29 is 42.9 Å². The number of quaternary nitrogens is 1. The van der Waals surface area contributed by atoms with Crippen molar-refractivity contribution in [1.82, 2.24) is 0 Å². The molecule has 9 heteroatoms. The van der Waals surface area contributed by atoms with Crippen LogP contribution in [0.1, 0.15) is 284 Å². The highest BCUT2D eigenvalue weighted by molar-refractivity contribution is 5.70. The number of likely N-dealkylation sites (N-methyl/N-ethyl adjacent to an activating group) is 1. The van der Waals surface area contributed by atoms with Gasteiger partial charge in [0.15, 0.2) is 12.4 Å². The van der Waals surface area contributed by atoms with Crippen molar-refractivity contribution in [3.05, 3.63) is 158 Å².